The quantitative estimate of drug-likeness (QED) is 0.615. The van der Waals surface area contributed by atoms with Crippen LogP contribution in [0.5, 0.6) is 0 Å². The summed E-state index contributed by atoms with van der Waals surface area (Å²) in [6.45, 7) is 1.87. The van der Waals surface area contributed by atoms with Crippen molar-refractivity contribution in [2.24, 2.45) is 11.8 Å². The normalized spacial score (nSPS) is 29.8. The number of hydrogen-bond acceptors (Lipinski definition) is 4. The average molecular weight is 237 g/mol. The summed E-state index contributed by atoms with van der Waals surface area (Å²) in [5.74, 6) is 0.264. The molecule has 0 spiro atoms. The third-order valence-electron chi connectivity index (χ3n) is 3.58. The number of piperidine rings is 1. The highest BCUT2D eigenvalue weighted by Gasteiger charge is 2.53. The summed E-state index contributed by atoms with van der Waals surface area (Å²) in [4.78, 5) is 10.1. The lowest BCUT2D eigenvalue weighted by atomic mass is 10.2. The van der Waals surface area contributed by atoms with Gasteiger partial charge in [0.05, 0.1) is 4.92 Å². The zero-order valence-corrected chi connectivity index (χ0v) is 9.02. The highest BCUT2D eigenvalue weighted by atomic mass is 19.1. The van der Waals surface area contributed by atoms with Crippen molar-refractivity contribution in [3.8, 4) is 0 Å². The van der Waals surface area contributed by atoms with Crippen LogP contribution in [0.1, 0.15) is 0 Å². The molecule has 17 heavy (non-hydrogen) atoms. The number of benzene rings is 1. The lowest BCUT2D eigenvalue weighted by Gasteiger charge is -2.09. The van der Waals surface area contributed by atoms with Gasteiger partial charge in [0.2, 0.25) is 5.82 Å². The minimum absolute atomic E-state index is 0.247. The van der Waals surface area contributed by atoms with Crippen LogP contribution in [0.2, 0.25) is 0 Å². The van der Waals surface area contributed by atoms with Gasteiger partial charge in [-0.15, -0.1) is 0 Å². The number of nitro groups is 1. The summed E-state index contributed by atoms with van der Waals surface area (Å²) in [7, 11) is 0. The number of anilines is 1. The van der Waals surface area contributed by atoms with Crippen molar-refractivity contribution in [3.05, 3.63) is 34.1 Å². The van der Waals surface area contributed by atoms with Crippen molar-refractivity contribution in [2.75, 3.05) is 18.4 Å². The third-order valence-corrected chi connectivity index (χ3v) is 3.58. The molecule has 1 aromatic rings. The van der Waals surface area contributed by atoms with Crippen molar-refractivity contribution in [1.82, 2.24) is 5.32 Å². The molecule has 2 fully saturated rings. The summed E-state index contributed by atoms with van der Waals surface area (Å²) in [5.41, 5.74) is -0.167. The van der Waals surface area contributed by atoms with Crippen LogP contribution in [0.3, 0.4) is 0 Å². The van der Waals surface area contributed by atoms with Crippen molar-refractivity contribution < 1.29 is 9.31 Å². The van der Waals surface area contributed by atoms with Crippen molar-refractivity contribution in [1.29, 1.82) is 0 Å². The minimum Gasteiger partial charge on any atom is -0.376 e. The van der Waals surface area contributed by atoms with E-state index in [0.29, 0.717) is 11.8 Å². The Morgan fingerprint density at radius 1 is 1.41 bits per heavy atom. The topological polar surface area (TPSA) is 67.2 Å². The molecule has 0 radical (unpaired) electrons. The van der Waals surface area contributed by atoms with Crippen molar-refractivity contribution in [3.63, 3.8) is 0 Å². The molecule has 1 saturated carbocycles. The number of rotatable bonds is 3. The summed E-state index contributed by atoms with van der Waals surface area (Å²) in [6, 6.07) is 4.40. The average Bonchev–Trinajstić information content (AvgIpc) is 2.74. The maximum atomic E-state index is 13.4. The van der Waals surface area contributed by atoms with Gasteiger partial charge in [-0.2, -0.15) is 4.39 Å². The monoisotopic (exact) mass is 237 g/mol. The molecule has 2 N–H and O–H groups in total. The van der Waals surface area contributed by atoms with Gasteiger partial charge in [0.15, 0.2) is 0 Å². The van der Waals surface area contributed by atoms with E-state index in [4.69, 9.17) is 0 Å². The highest BCUT2D eigenvalue weighted by Crippen LogP contribution is 2.45. The van der Waals surface area contributed by atoms with E-state index in [-0.39, 0.29) is 11.7 Å². The van der Waals surface area contributed by atoms with Gasteiger partial charge in [0, 0.05) is 19.1 Å². The smallest absolute Gasteiger partial charge is 0.327 e. The van der Waals surface area contributed by atoms with Crippen LogP contribution in [0.25, 0.3) is 0 Å². The molecule has 0 amide bonds. The number of nitro benzene ring substituents is 1. The SMILES string of the molecule is O=[N+]([O-])c1c(F)cccc1NC1C2CNCC21. The standard InChI is InChI=1S/C11H12FN3O2/c12-8-2-1-3-9(11(8)15(16)17)14-10-6-4-13-5-7(6)10/h1-3,6-7,10,13-14H,4-5H2. The molecule has 1 heterocycles. The van der Waals surface area contributed by atoms with Gasteiger partial charge in [-0.25, -0.2) is 0 Å². The van der Waals surface area contributed by atoms with Crippen LogP contribution in [-0.4, -0.2) is 24.1 Å². The van der Waals surface area contributed by atoms with Crippen LogP contribution in [0, 0.1) is 27.8 Å². The molecule has 6 heteroatoms. The fourth-order valence-electron chi connectivity index (χ4n) is 2.63. The van der Waals surface area contributed by atoms with E-state index >= 15 is 0 Å². The molecule has 90 valence electrons. The molecule has 0 bridgehead atoms. The molecule has 0 aromatic heterocycles. The van der Waals surface area contributed by atoms with Gasteiger partial charge < -0.3 is 10.6 Å². The molecular weight excluding hydrogens is 225 g/mol. The van der Waals surface area contributed by atoms with Crippen LogP contribution in [-0.2, 0) is 0 Å². The first kappa shape index (κ1) is 10.5. The molecule has 1 aliphatic heterocycles. The van der Waals surface area contributed by atoms with Crippen LogP contribution < -0.4 is 10.6 Å². The molecule has 2 unspecified atom stereocenters. The number of halogens is 1. The van der Waals surface area contributed by atoms with Gasteiger partial charge in [-0.1, -0.05) is 6.07 Å². The van der Waals surface area contributed by atoms with E-state index in [2.05, 4.69) is 10.6 Å². The van der Waals surface area contributed by atoms with E-state index < -0.39 is 16.4 Å². The fourth-order valence-corrected chi connectivity index (χ4v) is 2.63. The largest absolute Gasteiger partial charge is 0.376 e. The first-order valence-electron chi connectivity index (χ1n) is 5.58. The zero-order chi connectivity index (χ0) is 12.0. The minimum atomic E-state index is -0.788. The lowest BCUT2D eigenvalue weighted by Crippen LogP contribution is -2.21. The Morgan fingerprint density at radius 3 is 2.76 bits per heavy atom. The third kappa shape index (κ3) is 1.64. The van der Waals surface area contributed by atoms with E-state index in [0.717, 1.165) is 19.2 Å². The van der Waals surface area contributed by atoms with Crippen LogP contribution in [0.4, 0.5) is 15.8 Å². The second-order valence-corrected chi connectivity index (χ2v) is 4.55. The fraction of sp³-hybridized carbons (Fsp3) is 0.455. The Kier molecular flexibility index (Phi) is 2.25. The first-order valence-corrected chi connectivity index (χ1v) is 5.58. The number of hydrogen-bond donors (Lipinski definition) is 2. The number of para-hydroxylation sites is 1. The van der Waals surface area contributed by atoms with E-state index in [1.165, 1.54) is 6.07 Å². The maximum Gasteiger partial charge on any atom is 0.327 e. The lowest BCUT2D eigenvalue weighted by molar-refractivity contribution is -0.386. The van der Waals surface area contributed by atoms with Gasteiger partial charge in [-0.3, -0.25) is 10.1 Å². The summed E-state index contributed by atoms with van der Waals surface area (Å²) < 4.78 is 13.4. The molecule has 2 atom stereocenters. The van der Waals surface area contributed by atoms with E-state index in [1.54, 1.807) is 6.07 Å². The number of fused-ring (bicyclic) bond motifs is 1. The van der Waals surface area contributed by atoms with Gasteiger partial charge in [-0.05, 0) is 24.0 Å². The highest BCUT2D eigenvalue weighted by molar-refractivity contribution is 5.63. The molecule has 3 rings (SSSR count). The van der Waals surface area contributed by atoms with Gasteiger partial charge >= 0.3 is 5.69 Å². The van der Waals surface area contributed by atoms with Crippen molar-refractivity contribution in [2.45, 2.75) is 6.04 Å². The van der Waals surface area contributed by atoms with Crippen LogP contribution in [0.15, 0.2) is 18.2 Å². The Bertz CT molecular complexity index is 470. The summed E-state index contributed by atoms with van der Waals surface area (Å²) in [6.07, 6.45) is 0. The van der Waals surface area contributed by atoms with E-state index in [1.807, 2.05) is 0 Å². The number of nitrogens with zero attached hydrogens (tertiary/aromatic N) is 1. The summed E-state index contributed by atoms with van der Waals surface area (Å²) in [5, 5.41) is 17.1. The maximum absolute atomic E-state index is 13.4. The van der Waals surface area contributed by atoms with Crippen molar-refractivity contribution >= 4 is 11.4 Å². The second kappa shape index (κ2) is 3.66. The Labute approximate surface area is 97.2 Å². The Balaban J connectivity index is 1.83. The molecule has 5 nitrogen and oxygen atoms in total. The Hall–Kier alpha value is -1.69. The zero-order valence-electron chi connectivity index (χ0n) is 9.02. The van der Waals surface area contributed by atoms with Gasteiger partial charge in [0.1, 0.15) is 5.69 Å². The molecular formula is C11H12FN3O2. The summed E-state index contributed by atoms with van der Waals surface area (Å²) >= 11 is 0. The molecule has 2 aliphatic rings. The first-order chi connectivity index (χ1) is 8.18. The number of nitrogens with one attached hydrogen (secondary N) is 2. The second-order valence-electron chi connectivity index (χ2n) is 4.55. The van der Waals surface area contributed by atoms with Gasteiger partial charge in [0.25, 0.3) is 0 Å². The predicted molar refractivity (Wildman–Crippen MR) is 60.3 cm³/mol. The molecule has 1 saturated heterocycles. The predicted octanol–water partition coefficient (Wildman–Crippen LogP) is 1.36. The van der Waals surface area contributed by atoms with Crippen LogP contribution >= 0.6 is 0 Å². The Morgan fingerprint density at radius 2 is 2.12 bits per heavy atom. The molecule has 1 aromatic carbocycles. The van der Waals surface area contributed by atoms with E-state index in [9.17, 15) is 14.5 Å². The molecule has 1 aliphatic carbocycles.